The molecule has 1 unspecified atom stereocenters. The Hall–Kier alpha value is -2.95. The first-order valence-electron chi connectivity index (χ1n) is 7.57. The van der Waals surface area contributed by atoms with Crippen molar-refractivity contribution in [1.82, 2.24) is 4.90 Å². The summed E-state index contributed by atoms with van der Waals surface area (Å²) in [7, 11) is 0. The first-order chi connectivity index (χ1) is 11.6. The molecule has 0 radical (unpaired) electrons. The highest BCUT2D eigenvalue weighted by Gasteiger charge is 2.29. The molecule has 0 spiro atoms. The molecular formula is C19H16FNO3. The molecule has 0 aliphatic carbocycles. The van der Waals surface area contributed by atoms with Gasteiger partial charge in [-0.3, -0.25) is 9.59 Å². The van der Waals surface area contributed by atoms with E-state index in [2.05, 4.69) is 0 Å². The van der Waals surface area contributed by atoms with Crippen LogP contribution in [0.1, 0.15) is 30.5 Å². The zero-order chi connectivity index (χ0) is 17.1. The van der Waals surface area contributed by atoms with Crippen LogP contribution in [-0.2, 0) is 9.59 Å². The number of esters is 1. The highest BCUT2D eigenvalue weighted by molar-refractivity contribution is 5.80. The van der Waals surface area contributed by atoms with Crippen LogP contribution >= 0.6 is 0 Å². The number of hydrogen-bond acceptors (Lipinski definition) is 3. The van der Waals surface area contributed by atoms with Crippen molar-refractivity contribution in [2.24, 2.45) is 0 Å². The van der Waals surface area contributed by atoms with E-state index in [4.69, 9.17) is 4.74 Å². The molecule has 3 rings (SSSR count). The Morgan fingerprint density at radius 3 is 2.58 bits per heavy atom. The van der Waals surface area contributed by atoms with E-state index in [-0.39, 0.29) is 18.1 Å². The second-order valence-corrected chi connectivity index (χ2v) is 5.50. The molecule has 2 aromatic carbocycles. The van der Waals surface area contributed by atoms with E-state index < -0.39 is 17.8 Å². The van der Waals surface area contributed by atoms with Crippen molar-refractivity contribution in [3.05, 3.63) is 71.7 Å². The molecule has 1 atom stereocenters. The fraction of sp³-hybridized carbons (Fsp3) is 0.158. The summed E-state index contributed by atoms with van der Waals surface area (Å²) in [5.41, 5.74) is 1.80. The third-order valence-electron chi connectivity index (χ3n) is 3.89. The van der Waals surface area contributed by atoms with Gasteiger partial charge in [0.2, 0.25) is 5.91 Å². The fourth-order valence-corrected chi connectivity index (χ4v) is 2.76. The molecule has 122 valence electrons. The van der Waals surface area contributed by atoms with E-state index in [9.17, 15) is 14.0 Å². The third kappa shape index (κ3) is 3.20. The Balaban J connectivity index is 1.83. The van der Waals surface area contributed by atoms with Crippen molar-refractivity contribution in [3.8, 4) is 5.75 Å². The van der Waals surface area contributed by atoms with Crippen LogP contribution in [0.4, 0.5) is 4.39 Å². The van der Waals surface area contributed by atoms with Crippen molar-refractivity contribution in [2.45, 2.75) is 19.4 Å². The van der Waals surface area contributed by atoms with Gasteiger partial charge in [0, 0.05) is 13.1 Å². The van der Waals surface area contributed by atoms with E-state index in [0.29, 0.717) is 0 Å². The summed E-state index contributed by atoms with van der Waals surface area (Å²) in [6.45, 7) is 1.44. The SMILES string of the molecule is CC(=O)N1C=Cc2ccccc2C1CC(=O)Oc1ccccc1F. The van der Waals surface area contributed by atoms with Gasteiger partial charge in [0.25, 0.3) is 0 Å². The molecule has 1 amide bonds. The zero-order valence-electron chi connectivity index (χ0n) is 13.1. The average Bonchev–Trinajstić information content (AvgIpc) is 2.57. The van der Waals surface area contributed by atoms with Crippen LogP contribution in [-0.4, -0.2) is 16.8 Å². The molecule has 5 heteroatoms. The quantitative estimate of drug-likeness (QED) is 0.638. The number of benzene rings is 2. The predicted octanol–water partition coefficient (Wildman–Crippen LogP) is 3.70. The van der Waals surface area contributed by atoms with E-state index in [1.807, 2.05) is 30.3 Å². The van der Waals surface area contributed by atoms with Crippen molar-refractivity contribution in [2.75, 3.05) is 0 Å². The van der Waals surface area contributed by atoms with E-state index in [1.165, 1.54) is 30.0 Å². The summed E-state index contributed by atoms with van der Waals surface area (Å²) >= 11 is 0. The minimum absolute atomic E-state index is 0.0603. The molecule has 4 nitrogen and oxygen atoms in total. The van der Waals surface area contributed by atoms with E-state index in [1.54, 1.807) is 12.3 Å². The van der Waals surface area contributed by atoms with Crippen LogP contribution in [0.25, 0.3) is 6.08 Å². The molecule has 0 saturated heterocycles. The number of rotatable bonds is 3. The van der Waals surface area contributed by atoms with Crippen LogP contribution in [0.5, 0.6) is 5.75 Å². The Bertz CT molecular complexity index is 816. The molecule has 0 fully saturated rings. The minimum atomic E-state index is -0.599. The number of nitrogens with zero attached hydrogens (tertiary/aromatic N) is 1. The largest absolute Gasteiger partial charge is 0.423 e. The Morgan fingerprint density at radius 2 is 1.83 bits per heavy atom. The van der Waals surface area contributed by atoms with Crippen molar-refractivity contribution in [1.29, 1.82) is 0 Å². The molecule has 2 aromatic rings. The number of ether oxygens (including phenoxy) is 1. The lowest BCUT2D eigenvalue weighted by Gasteiger charge is -2.32. The molecular weight excluding hydrogens is 309 g/mol. The monoisotopic (exact) mass is 325 g/mol. The van der Waals surface area contributed by atoms with Gasteiger partial charge in [-0.15, -0.1) is 0 Å². The van der Waals surface area contributed by atoms with E-state index >= 15 is 0 Å². The summed E-state index contributed by atoms with van der Waals surface area (Å²) in [6.07, 6.45) is 3.43. The number of para-hydroxylation sites is 1. The van der Waals surface area contributed by atoms with Crippen LogP contribution < -0.4 is 4.74 Å². The molecule has 1 heterocycles. The van der Waals surface area contributed by atoms with Crippen LogP contribution in [0.2, 0.25) is 0 Å². The van der Waals surface area contributed by atoms with Crippen molar-refractivity contribution >= 4 is 18.0 Å². The summed E-state index contributed by atoms with van der Waals surface area (Å²) in [5, 5.41) is 0. The van der Waals surface area contributed by atoms with Crippen LogP contribution in [0.15, 0.2) is 54.7 Å². The molecule has 24 heavy (non-hydrogen) atoms. The van der Waals surface area contributed by atoms with E-state index in [0.717, 1.165) is 11.1 Å². The second kappa shape index (κ2) is 6.66. The number of halogens is 1. The topological polar surface area (TPSA) is 46.6 Å². The molecule has 0 aromatic heterocycles. The number of carbonyl (C=O) groups excluding carboxylic acids is 2. The third-order valence-corrected chi connectivity index (χ3v) is 3.89. The highest BCUT2D eigenvalue weighted by Crippen LogP contribution is 2.33. The summed E-state index contributed by atoms with van der Waals surface area (Å²) in [4.78, 5) is 25.6. The maximum Gasteiger partial charge on any atom is 0.313 e. The van der Waals surface area contributed by atoms with Gasteiger partial charge in [0.05, 0.1) is 12.5 Å². The highest BCUT2D eigenvalue weighted by atomic mass is 19.1. The Morgan fingerprint density at radius 1 is 1.12 bits per heavy atom. The smallest absolute Gasteiger partial charge is 0.313 e. The molecule has 0 bridgehead atoms. The molecule has 1 aliphatic heterocycles. The number of carbonyl (C=O) groups is 2. The summed E-state index contributed by atoms with van der Waals surface area (Å²) in [6, 6.07) is 12.8. The van der Waals surface area contributed by atoms with Gasteiger partial charge in [0.15, 0.2) is 11.6 Å². The molecule has 1 aliphatic rings. The summed E-state index contributed by atoms with van der Waals surface area (Å²) in [5.74, 6) is -1.49. The van der Waals surface area contributed by atoms with Gasteiger partial charge in [-0.05, 0) is 29.3 Å². The van der Waals surface area contributed by atoms with Crippen molar-refractivity contribution in [3.63, 3.8) is 0 Å². The van der Waals surface area contributed by atoms with Gasteiger partial charge >= 0.3 is 5.97 Å². The van der Waals surface area contributed by atoms with Crippen molar-refractivity contribution < 1.29 is 18.7 Å². The Labute approximate surface area is 139 Å². The van der Waals surface area contributed by atoms with Gasteiger partial charge in [-0.2, -0.15) is 0 Å². The standard InChI is InChI=1S/C19H16FNO3/c1-13(22)21-11-10-14-6-2-3-7-15(14)17(21)12-19(23)24-18-9-5-4-8-16(18)20/h2-11,17H,12H2,1H3. The Kier molecular flexibility index (Phi) is 4.42. The number of hydrogen-bond donors (Lipinski definition) is 0. The molecule has 0 saturated carbocycles. The minimum Gasteiger partial charge on any atom is -0.423 e. The normalized spacial score (nSPS) is 15.8. The lowest BCUT2D eigenvalue weighted by Crippen LogP contribution is -2.33. The lowest BCUT2D eigenvalue weighted by atomic mass is 9.94. The zero-order valence-corrected chi connectivity index (χ0v) is 13.1. The summed E-state index contributed by atoms with van der Waals surface area (Å²) < 4.78 is 18.7. The van der Waals surface area contributed by atoms with Crippen LogP contribution in [0, 0.1) is 5.82 Å². The van der Waals surface area contributed by atoms with Gasteiger partial charge < -0.3 is 9.64 Å². The average molecular weight is 325 g/mol. The maximum atomic E-state index is 13.6. The maximum absolute atomic E-state index is 13.6. The fourth-order valence-electron chi connectivity index (χ4n) is 2.76. The van der Waals surface area contributed by atoms with Gasteiger partial charge in [0.1, 0.15) is 0 Å². The van der Waals surface area contributed by atoms with Gasteiger partial charge in [-0.1, -0.05) is 36.4 Å². The molecule has 0 N–H and O–H groups in total. The second-order valence-electron chi connectivity index (χ2n) is 5.50. The number of fused-ring (bicyclic) bond motifs is 1. The first-order valence-corrected chi connectivity index (χ1v) is 7.57. The number of amides is 1. The first kappa shape index (κ1) is 15.9. The predicted molar refractivity (Wildman–Crippen MR) is 87.4 cm³/mol. The van der Waals surface area contributed by atoms with Gasteiger partial charge in [-0.25, -0.2) is 4.39 Å². The van der Waals surface area contributed by atoms with Crippen LogP contribution in [0.3, 0.4) is 0 Å². The lowest BCUT2D eigenvalue weighted by molar-refractivity contribution is -0.137.